The van der Waals surface area contributed by atoms with Gasteiger partial charge in [-0.15, -0.1) is 0 Å². The van der Waals surface area contributed by atoms with Gasteiger partial charge < -0.3 is 36.9 Å². The Balaban J connectivity index is 1.83. The standard InChI is InChI=1S/C30H37N5O7S/c1-43-14-13-24(30(41)42)34-28(39)23(11-12-26(36)37)33-29(40)25(16-19-17-32-22-10-6-5-9-20(19)22)35-27(38)21(31)15-18-7-3-2-4-8-18/h2-10,17,21,23-25,32H,11-16,31H2,1H3,(H,33,40)(H,34,39)(H,35,38)(H,36,37)(H,41,42). The molecule has 230 valence electrons. The summed E-state index contributed by atoms with van der Waals surface area (Å²) in [4.78, 5) is 66.1. The minimum absolute atomic E-state index is 0.0401. The molecule has 3 amide bonds. The van der Waals surface area contributed by atoms with E-state index in [4.69, 9.17) is 5.73 Å². The van der Waals surface area contributed by atoms with Gasteiger partial charge in [-0.25, -0.2) is 4.79 Å². The van der Waals surface area contributed by atoms with Gasteiger partial charge in [-0.3, -0.25) is 19.2 Å². The predicted molar refractivity (Wildman–Crippen MR) is 163 cm³/mol. The molecule has 0 saturated heterocycles. The highest BCUT2D eigenvalue weighted by molar-refractivity contribution is 7.98. The first-order valence-corrected chi connectivity index (χ1v) is 15.2. The lowest BCUT2D eigenvalue weighted by atomic mass is 10.0. The molecule has 3 aromatic rings. The van der Waals surface area contributed by atoms with Crippen LogP contribution >= 0.6 is 11.8 Å². The van der Waals surface area contributed by atoms with Crippen LogP contribution in [0.5, 0.6) is 0 Å². The van der Waals surface area contributed by atoms with Crippen molar-refractivity contribution >= 4 is 52.3 Å². The fraction of sp³-hybridized carbons (Fsp3) is 0.367. The number of fused-ring (bicyclic) bond motifs is 1. The number of benzene rings is 2. The van der Waals surface area contributed by atoms with Gasteiger partial charge in [0.05, 0.1) is 6.04 Å². The van der Waals surface area contributed by atoms with Crippen molar-refractivity contribution in [2.24, 2.45) is 5.73 Å². The van der Waals surface area contributed by atoms with Gasteiger partial charge >= 0.3 is 11.9 Å². The van der Waals surface area contributed by atoms with Gasteiger partial charge in [0, 0.05) is 29.9 Å². The molecule has 0 spiro atoms. The number of carboxylic acid groups (broad SMARTS) is 2. The molecule has 4 unspecified atom stereocenters. The summed E-state index contributed by atoms with van der Waals surface area (Å²) in [6.45, 7) is 0. The average molecular weight is 612 g/mol. The third-order valence-corrected chi connectivity index (χ3v) is 7.52. The van der Waals surface area contributed by atoms with E-state index in [-0.39, 0.29) is 25.7 Å². The number of para-hydroxylation sites is 1. The fourth-order valence-electron chi connectivity index (χ4n) is 4.54. The van der Waals surface area contributed by atoms with Crippen molar-refractivity contribution < 1.29 is 34.2 Å². The summed E-state index contributed by atoms with van der Waals surface area (Å²) >= 11 is 1.41. The van der Waals surface area contributed by atoms with Gasteiger partial charge in [-0.1, -0.05) is 48.5 Å². The molecule has 0 aliphatic rings. The molecule has 13 heteroatoms. The number of hydrogen-bond acceptors (Lipinski definition) is 7. The van der Waals surface area contributed by atoms with Crippen LogP contribution in [0, 0.1) is 0 Å². The number of carbonyl (C=O) groups is 5. The zero-order chi connectivity index (χ0) is 31.4. The maximum absolute atomic E-state index is 13.6. The number of H-pyrrole nitrogens is 1. The van der Waals surface area contributed by atoms with E-state index in [2.05, 4.69) is 20.9 Å². The number of hydrogen-bond donors (Lipinski definition) is 7. The van der Waals surface area contributed by atoms with Gasteiger partial charge in [0.25, 0.3) is 0 Å². The number of amides is 3. The van der Waals surface area contributed by atoms with E-state index < -0.39 is 60.2 Å². The first-order chi connectivity index (χ1) is 20.6. The zero-order valence-corrected chi connectivity index (χ0v) is 24.6. The Labute approximate surface area is 253 Å². The van der Waals surface area contributed by atoms with Gasteiger partial charge in [0.1, 0.15) is 18.1 Å². The van der Waals surface area contributed by atoms with Crippen molar-refractivity contribution in [3.8, 4) is 0 Å². The van der Waals surface area contributed by atoms with Gasteiger partial charge in [0.2, 0.25) is 17.7 Å². The van der Waals surface area contributed by atoms with Crippen LogP contribution < -0.4 is 21.7 Å². The van der Waals surface area contributed by atoms with E-state index in [0.29, 0.717) is 5.75 Å². The molecule has 0 bridgehead atoms. The monoisotopic (exact) mass is 611 g/mol. The van der Waals surface area contributed by atoms with Crippen LogP contribution in [0.2, 0.25) is 0 Å². The Hall–Kier alpha value is -4.36. The summed E-state index contributed by atoms with van der Waals surface area (Å²) in [6, 6.07) is 11.8. The largest absolute Gasteiger partial charge is 0.481 e. The molecular weight excluding hydrogens is 574 g/mol. The number of carbonyl (C=O) groups excluding carboxylic acids is 3. The zero-order valence-electron chi connectivity index (χ0n) is 23.7. The summed E-state index contributed by atoms with van der Waals surface area (Å²) in [6.07, 6.45) is 3.18. The van der Waals surface area contributed by atoms with Gasteiger partial charge in [0.15, 0.2) is 0 Å². The molecule has 0 saturated carbocycles. The van der Waals surface area contributed by atoms with Crippen molar-refractivity contribution in [1.82, 2.24) is 20.9 Å². The molecular formula is C30H37N5O7S. The van der Waals surface area contributed by atoms with E-state index in [9.17, 15) is 34.2 Å². The highest BCUT2D eigenvalue weighted by Crippen LogP contribution is 2.19. The van der Waals surface area contributed by atoms with Gasteiger partial charge in [-0.05, 0) is 48.5 Å². The van der Waals surface area contributed by atoms with E-state index in [1.807, 2.05) is 54.6 Å². The van der Waals surface area contributed by atoms with E-state index in [1.165, 1.54) is 11.8 Å². The third kappa shape index (κ3) is 10.1. The number of nitrogens with one attached hydrogen (secondary N) is 4. The summed E-state index contributed by atoms with van der Waals surface area (Å²) in [5, 5.41) is 27.3. The molecule has 8 N–H and O–H groups in total. The van der Waals surface area contributed by atoms with E-state index >= 15 is 0 Å². The molecule has 4 atom stereocenters. The third-order valence-electron chi connectivity index (χ3n) is 6.87. The van der Waals surface area contributed by atoms with Crippen LogP contribution in [0.15, 0.2) is 60.8 Å². The lowest BCUT2D eigenvalue weighted by Crippen LogP contribution is -2.57. The maximum Gasteiger partial charge on any atom is 0.326 e. The number of nitrogens with two attached hydrogens (primary N) is 1. The second-order valence-electron chi connectivity index (χ2n) is 10.1. The lowest BCUT2D eigenvalue weighted by molar-refractivity contribution is -0.143. The number of aromatic amines is 1. The lowest BCUT2D eigenvalue weighted by Gasteiger charge is -2.25. The summed E-state index contributed by atoms with van der Waals surface area (Å²) in [7, 11) is 0. The minimum atomic E-state index is -1.36. The van der Waals surface area contributed by atoms with Crippen LogP contribution in [0.4, 0.5) is 0 Å². The second kappa shape index (κ2) is 16.3. The van der Waals surface area contributed by atoms with Crippen LogP contribution in [-0.4, -0.2) is 81.0 Å². The number of rotatable bonds is 17. The average Bonchev–Trinajstić information content (AvgIpc) is 3.39. The van der Waals surface area contributed by atoms with Crippen molar-refractivity contribution in [1.29, 1.82) is 0 Å². The fourth-order valence-corrected chi connectivity index (χ4v) is 5.01. The summed E-state index contributed by atoms with van der Waals surface area (Å²) in [5.74, 6) is -4.14. The smallest absolute Gasteiger partial charge is 0.326 e. The topological polar surface area (TPSA) is 204 Å². The molecule has 1 heterocycles. The molecule has 0 radical (unpaired) electrons. The molecule has 2 aromatic carbocycles. The predicted octanol–water partition coefficient (Wildman–Crippen LogP) is 1.44. The molecule has 12 nitrogen and oxygen atoms in total. The Morgan fingerprint density at radius 2 is 1.44 bits per heavy atom. The Morgan fingerprint density at radius 3 is 2.12 bits per heavy atom. The Kier molecular flexibility index (Phi) is 12.6. The van der Waals surface area contributed by atoms with Crippen LogP contribution in [0.3, 0.4) is 0 Å². The first-order valence-electron chi connectivity index (χ1n) is 13.8. The van der Waals surface area contributed by atoms with Crippen molar-refractivity contribution in [2.75, 3.05) is 12.0 Å². The highest BCUT2D eigenvalue weighted by atomic mass is 32.2. The first kappa shape index (κ1) is 33.1. The SMILES string of the molecule is CSCCC(NC(=O)C(CCC(=O)O)NC(=O)C(Cc1c[nH]c2ccccc12)NC(=O)C(N)Cc1ccccc1)C(=O)O. The number of thioether (sulfide) groups is 1. The second-order valence-corrected chi connectivity index (χ2v) is 11.1. The number of aliphatic carboxylic acids is 2. The number of aromatic nitrogens is 1. The molecule has 0 aliphatic carbocycles. The number of carboxylic acids is 2. The molecule has 0 fully saturated rings. The van der Waals surface area contributed by atoms with Crippen molar-refractivity contribution in [3.05, 3.63) is 71.9 Å². The summed E-state index contributed by atoms with van der Waals surface area (Å²) in [5.41, 5.74) is 8.56. The molecule has 1 aromatic heterocycles. The van der Waals surface area contributed by atoms with Crippen molar-refractivity contribution in [2.45, 2.75) is 56.3 Å². The Morgan fingerprint density at radius 1 is 0.814 bits per heavy atom. The normalized spacial score (nSPS) is 13.8. The van der Waals surface area contributed by atoms with E-state index in [0.717, 1.165) is 22.0 Å². The maximum atomic E-state index is 13.6. The van der Waals surface area contributed by atoms with Gasteiger partial charge in [-0.2, -0.15) is 11.8 Å². The molecule has 0 aliphatic heterocycles. The highest BCUT2D eigenvalue weighted by Gasteiger charge is 2.31. The Bertz CT molecular complexity index is 1410. The van der Waals surface area contributed by atoms with Crippen LogP contribution in [0.1, 0.15) is 30.4 Å². The summed E-state index contributed by atoms with van der Waals surface area (Å²) < 4.78 is 0. The molecule has 43 heavy (non-hydrogen) atoms. The van der Waals surface area contributed by atoms with Crippen LogP contribution in [-0.2, 0) is 36.8 Å². The minimum Gasteiger partial charge on any atom is -0.481 e. The molecule has 3 rings (SSSR count). The van der Waals surface area contributed by atoms with Crippen LogP contribution in [0.25, 0.3) is 10.9 Å². The van der Waals surface area contributed by atoms with E-state index in [1.54, 1.807) is 12.5 Å². The quantitative estimate of drug-likeness (QED) is 0.118. The van der Waals surface area contributed by atoms with Crippen molar-refractivity contribution in [3.63, 3.8) is 0 Å².